The van der Waals surface area contributed by atoms with Gasteiger partial charge in [-0.2, -0.15) is 10.2 Å². The predicted molar refractivity (Wildman–Crippen MR) is 268 cm³/mol. The van der Waals surface area contributed by atoms with Gasteiger partial charge < -0.3 is 19.6 Å². The van der Waals surface area contributed by atoms with Gasteiger partial charge in [0.1, 0.15) is 23.0 Å². The second-order valence-electron chi connectivity index (χ2n) is 18.1. The lowest BCUT2D eigenvalue weighted by molar-refractivity contribution is -0.134. The van der Waals surface area contributed by atoms with Crippen LogP contribution in [0.2, 0.25) is 0 Å². The topological polar surface area (TPSA) is 168 Å². The lowest BCUT2D eigenvalue weighted by Crippen LogP contribution is -2.55. The average Bonchev–Trinajstić information content (AvgIpc) is 3.37. The Morgan fingerprint density at radius 1 is 0.732 bits per heavy atom. The third-order valence-corrected chi connectivity index (χ3v) is 13.3. The molecule has 5 heterocycles. The summed E-state index contributed by atoms with van der Waals surface area (Å²) in [5.41, 5.74) is 5.55. The monoisotopic (exact) mass is 979 g/mol. The largest absolute Gasteiger partial charge is 0.338 e. The highest BCUT2D eigenvalue weighted by atomic mass is 19.1. The van der Waals surface area contributed by atoms with E-state index in [1.165, 1.54) is 31.2 Å². The summed E-state index contributed by atoms with van der Waals surface area (Å²) < 4.78 is 45.5. The van der Waals surface area contributed by atoms with Crippen molar-refractivity contribution in [1.29, 1.82) is 0 Å². The summed E-state index contributed by atoms with van der Waals surface area (Å²) in [7, 11) is 0. The summed E-state index contributed by atoms with van der Waals surface area (Å²) >= 11 is 0. The molecule has 0 unspecified atom stereocenters. The van der Waals surface area contributed by atoms with E-state index in [4.69, 9.17) is 0 Å². The highest BCUT2D eigenvalue weighted by Gasteiger charge is 2.31. The summed E-state index contributed by atoms with van der Waals surface area (Å²) in [6.07, 6.45) is 4.95. The number of nitrogens with zero attached hydrogens (tertiary/aromatic N) is 8. The maximum Gasteiger partial charge on any atom is 0.272 e. The average molecular weight is 979 g/mol. The van der Waals surface area contributed by atoms with Crippen LogP contribution < -0.4 is 11.0 Å². The highest BCUT2D eigenvalue weighted by Crippen LogP contribution is 2.28. The first-order chi connectivity index (χ1) is 33.7. The Balaban J connectivity index is 0.000000752. The van der Waals surface area contributed by atoms with E-state index in [0.29, 0.717) is 91.2 Å². The van der Waals surface area contributed by atoms with E-state index < -0.39 is 34.8 Å². The van der Waals surface area contributed by atoms with Crippen LogP contribution in [0.25, 0.3) is 21.9 Å². The number of likely N-dealkylation sites (tertiary alicyclic amines) is 1. The van der Waals surface area contributed by atoms with Crippen LogP contribution >= 0.6 is 0 Å². The molecule has 0 bridgehead atoms. The van der Waals surface area contributed by atoms with Crippen molar-refractivity contribution in [2.45, 2.75) is 67.2 Å². The number of piperazine rings is 2. The van der Waals surface area contributed by atoms with Crippen LogP contribution in [0.3, 0.4) is 0 Å². The molecule has 4 amide bonds. The first-order valence-electron chi connectivity index (χ1n) is 24.0. The zero-order valence-corrected chi connectivity index (χ0v) is 40.3. The molecular weight excluding hydrogens is 914 g/mol. The van der Waals surface area contributed by atoms with E-state index in [1.54, 1.807) is 51.2 Å². The predicted octanol–water partition coefficient (Wildman–Crippen LogP) is 6.55. The van der Waals surface area contributed by atoms with Gasteiger partial charge in [0.25, 0.3) is 17.4 Å². The van der Waals surface area contributed by atoms with E-state index in [0.717, 1.165) is 63.4 Å². The Labute approximate surface area is 413 Å². The Morgan fingerprint density at radius 3 is 2.01 bits per heavy atom. The summed E-state index contributed by atoms with van der Waals surface area (Å²) in [6.45, 7) is 13.6. The Morgan fingerprint density at radius 2 is 1.37 bits per heavy atom. The van der Waals surface area contributed by atoms with E-state index in [9.17, 15) is 24.0 Å². The first-order valence-corrected chi connectivity index (χ1v) is 24.0. The zero-order valence-electron chi connectivity index (χ0n) is 40.3. The number of piperidine rings is 1. The molecule has 15 nitrogen and oxygen atoms in total. The van der Waals surface area contributed by atoms with Gasteiger partial charge in [-0.3, -0.25) is 33.9 Å². The van der Waals surface area contributed by atoms with Crippen LogP contribution in [0.4, 0.5) is 13.2 Å². The minimum absolute atomic E-state index is 0. The van der Waals surface area contributed by atoms with Gasteiger partial charge in [-0.1, -0.05) is 45.5 Å². The number of aryl methyl sites for hydroxylation is 1. The molecule has 378 valence electrons. The number of amides is 4. The van der Waals surface area contributed by atoms with Gasteiger partial charge in [-0.25, -0.2) is 23.7 Å². The van der Waals surface area contributed by atoms with Gasteiger partial charge >= 0.3 is 0 Å². The molecule has 3 saturated heterocycles. The second kappa shape index (κ2) is 24.9. The standard InChI is InChI=1S/C46H49F3N8O4.C6H12N2O.CH4/c1-2-34-25-32(9-12-50-34)33-26-39(48)43(40(49)27-33)46(61)56-13-10-30(11-14-56)28-53-15-17-54(18-16-53)29-42(58)55-19-21-57(22-20-55)45(60)37-23-31(7-8-38(37)47)24-41-35-5-3-4-6-36(35)44(59)52-51-41;1-4-5(2)7-8-6(3)9;/h3-9,12,23,25-27,30H,2,10-11,13-22,24,28-29H2,1H3,(H,52,59);4H2,1-3H3,(H,8,9);1H4/b;7-5+;. The van der Waals surface area contributed by atoms with E-state index in [1.807, 2.05) is 32.9 Å². The number of hydrogen-bond donors (Lipinski definition) is 2. The molecule has 3 aliphatic heterocycles. The number of hydrogen-bond acceptors (Lipinski definition) is 10. The van der Waals surface area contributed by atoms with Crippen molar-refractivity contribution < 1.29 is 32.3 Å². The molecule has 3 fully saturated rings. The van der Waals surface area contributed by atoms with Crippen molar-refractivity contribution in [3.8, 4) is 11.1 Å². The molecule has 5 aromatic rings. The number of aromatic amines is 1. The van der Waals surface area contributed by atoms with Gasteiger partial charge in [-0.05, 0) is 97.7 Å². The molecule has 0 spiro atoms. The number of nitrogens with one attached hydrogen (secondary N) is 2. The van der Waals surface area contributed by atoms with Crippen molar-refractivity contribution >= 4 is 40.1 Å². The first kappa shape index (κ1) is 53.6. The third kappa shape index (κ3) is 13.8. The fraction of sp³-hybridized carbons (Fsp3) is 0.434. The molecule has 8 rings (SSSR count). The molecule has 0 atom stereocenters. The zero-order chi connectivity index (χ0) is 49.9. The number of pyridine rings is 1. The summed E-state index contributed by atoms with van der Waals surface area (Å²) in [6, 6.07) is 17.5. The molecular formula is C53H65F3N10O5. The minimum atomic E-state index is -0.867. The summed E-state index contributed by atoms with van der Waals surface area (Å²) in [5, 5.41) is 11.7. The highest BCUT2D eigenvalue weighted by molar-refractivity contribution is 5.96. The van der Waals surface area contributed by atoms with Gasteiger partial charge in [-0.15, -0.1) is 0 Å². The van der Waals surface area contributed by atoms with Gasteiger partial charge in [0.15, 0.2) is 0 Å². The minimum Gasteiger partial charge on any atom is -0.338 e. The van der Waals surface area contributed by atoms with Crippen molar-refractivity contribution in [1.82, 2.24) is 45.1 Å². The number of halogens is 3. The fourth-order valence-corrected chi connectivity index (χ4v) is 8.99. The normalized spacial score (nSPS) is 16.0. The number of fused-ring (bicyclic) bond motifs is 1. The van der Waals surface area contributed by atoms with Crippen molar-refractivity contribution in [3.05, 3.63) is 129 Å². The Kier molecular flexibility index (Phi) is 18.7. The van der Waals surface area contributed by atoms with Crippen LogP contribution in [-0.2, 0) is 22.4 Å². The number of hydrazone groups is 1. The van der Waals surface area contributed by atoms with Crippen LogP contribution in [0.5, 0.6) is 0 Å². The van der Waals surface area contributed by atoms with Crippen LogP contribution in [-0.4, -0.2) is 148 Å². The number of aromatic nitrogens is 3. The van der Waals surface area contributed by atoms with Crippen molar-refractivity contribution in [2.24, 2.45) is 11.0 Å². The lowest BCUT2D eigenvalue weighted by Gasteiger charge is -2.40. The molecule has 3 aromatic carbocycles. The van der Waals surface area contributed by atoms with E-state index >= 15 is 13.2 Å². The SMILES string of the molecule is C.CC/C(C)=N/NC(C)=O.CCc1cc(-c2cc(F)c(C(=O)N3CCC(CN4CCN(CC(=O)N5CCN(C(=O)c6cc(Cc7n[nH]c(=O)c8ccccc78)ccc6F)CC5)CC4)CC3)c(F)c2)ccn1. The second-order valence-corrected chi connectivity index (χ2v) is 18.1. The summed E-state index contributed by atoms with van der Waals surface area (Å²) in [5.74, 6) is -3.19. The molecule has 71 heavy (non-hydrogen) atoms. The molecule has 0 saturated carbocycles. The van der Waals surface area contributed by atoms with E-state index in [2.05, 4.69) is 35.5 Å². The third-order valence-electron chi connectivity index (χ3n) is 13.3. The van der Waals surface area contributed by atoms with Crippen LogP contribution in [0.15, 0.2) is 82.8 Å². The Hall–Kier alpha value is -6.79. The quantitative estimate of drug-likeness (QED) is 0.104. The Bertz CT molecular complexity index is 2760. The number of rotatable bonds is 12. The maximum atomic E-state index is 15.2. The smallest absolute Gasteiger partial charge is 0.272 e. The number of carbonyl (C=O) groups excluding carboxylic acids is 4. The molecule has 2 N–H and O–H groups in total. The number of H-pyrrole nitrogens is 1. The molecule has 0 aliphatic carbocycles. The molecule has 3 aliphatic rings. The van der Waals surface area contributed by atoms with Gasteiger partial charge in [0, 0.05) is 108 Å². The molecule has 0 radical (unpaired) electrons. The lowest BCUT2D eigenvalue weighted by atomic mass is 9.95. The number of carbonyl (C=O) groups is 4. The van der Waals surface area contributed by atoms with Crippen LogP contribution in [0.1, 0.15) is 92.1 Å². The maximum absolute atomic E-state index is 15.2. The summed E-state index contributed by atoms with van der Waals surface area (Å²) in [4.78, 5) is 76.3. The van der Waals surface area contributed by atoms with Gasteiger partial charge in [0.2, 0.25) is 11.8 Å². The van der Waals surface area contributed by atoms with Crippen LogP contribution in [0, 0.1) is 23.4 Å². The fourth-order valence-electron chi connectivity index (χ4n) is 8.99. The molecule has 18 heteroatoms. The number of benzene rings is 3. The van der Waals surface area contributed by atoms with Gasteiger partial charge in [0.05, 0.1) is 23.2 Å². The molecule has 2 aromatic heterocycles. The van der Waals surface area contributed by atoms with Crippen molar-refractivity contribution in [2.75, 3.05) is 78.5 Å². The van der Waals surface area contributed by atoms with Crippen molar-refractivity contribution in [3.63, 3.8) is 0 Å². The van der Waals surface area contributed by atoms with E-state index in [-0.39, 0.29) is 36.9 Å².